The van der Waals surface area contributed by atoms with Crippen LogP contribution in [0, 0.1) is 0 Å². The number of quaternary nitrogens is 1. The Morgan fingerprint density at radius 1 is 1.15 bits per heavy atom. The van der Waals surface area contributed by atoms with Crippen molar-refractivity contribution in [3.63, 3.8) is 0 Å². The number of nitrogens with two attached hydrogens (primary N) is 1. The molecule has 1 heteroatoms. The van der Waals surface area contributed by atoms with Gasteiger partial charge in [0.1, 0.15) is 0 Å². The molecule has 1 aromatic rings. The van der Waals surface area contributed by atoms with Crippen molar-refractivity contribution >= 4 is 0 Å². The SMILES string of the molecule is c1ccc(C[C@@H]2CCCC[NH2+]2)cc1. The minimum absolute atomic E-state index is 0.844. The molecule has 0 spiro atoms. The monoisotopic (exact) mass is 176 g/mol. The summed E-state index contributed by atoms with van der Waals surface area (Å²) in [6.45, 7) is 1.33. The van der Waals surface area contributed by atoms with E-state index in [0.29, 0.717) is 0 Å². The maximum Gasteiger partial charge on any atom is 0.0900 e. The summed E-state index contributed by atoms with van der Waals surface area (Å²) >= 11 is 0. The lowest BCUT2D eigenvalue weighted by molar-refractivity contribution is -0.697. The van der Waals surface area contributed by atoms with E-state index in [2.05, 4.69) is 35.6 Å². The van der Waals surface area contributed by atoms with Gasteiger partial charge in [0.2, 0.25) is 0 Å². The summed E-state index contributed by atoms with van der Waals surface area (Å²) in [4.78, 5) is 0. The smallest absolute Gasteiger partial charge is 0.0900 e. The summed E-state index contributed by atoms with van der Waals surface area (Å²) in [6.07, 6.45) is 5.48. The Bertz CT molecular complexity index is 237. The van der Waals surface area contributed by atoms with E-state index in [9.17, 15) is 0 Å². The zero-order valence-corrected chi connectivity index (χ0v) is 8.08. The van der Waals surface area contributed by atoms with Crippen molar-refractivity contribution < 1.29 is 5.32 Å². The number of rotatable bonds is 2. The maximum absolute atomic E-state index is 2.51. The molecular formula is C12H18N+. The third-order valence-electron chi connectivity index (χ3n) is 2.87. The zero-order chi connectivity index (χ0) is 8.93. The summed E-state index contributed by atoms with van der Waals surface area (Å²) in [5.74, 6) is 0. The lowest BCUT2D eigenvalue weighted by Gasteiger charge is -2.19. The molecule has 1 atom stereocenters. The van der Waals surface area contributed by atoms with Gasteiger partial charge in [-0.25, -0.2) is 0 Å². The van der Waals surface area contributed by atoms with Gasteiger partial charge in [0, 0.05) is 6.42 Å². The Balaban J connectivity index is 1.90. The zero-order valence-electron chi connectivity index (χ0n) is 8.08. The van der Waals surface area contributed by atoms with Crippen LogP contribution in [0.5, 0.6) is 0 Å². The molecule has 0 saturated carbocycles. The molecule has 70 valence electrons. The molecule has 0 aliphatic carbocycles. The van der Waals surface area contributed by atoms with E-state index < -0.39 is 0 Å². The van der Waals surface area contributed by atoms with E-state index >= 15 is 0 Å². The van der Waals surface area contributed by atoms with Crippen molar-refractivity contribution in [3.05, 3.63) is 35.9 Å². The molecule has 1 nitrogen and oxygen atoms in total. The van der Waals surface area contributed by atoms with Crippen molar-refractivity contribution in [2.75, 3.05) is 6.54 Å². The maximum atomic E-state index is 2.51. The van der Waals surface area contributed by atoms with Gasteiger partial charge in [-0.1, -0.05) is 30.3 Å². The van der Waals surface area contributed by atoms with Gasteiger partial charge >= 0.3 is 0 Å². The van der Waals surface area contributed by atoms with Gasteiger partial charge in [0.25, 0.3) is 0 Å². The van der Waals surface area contributed by atoms with Crippen molar-refractivity contribution in [1.82, 2.24) is 0 Å². The van der Waals surface area contributed by atoms with E-state index in [1.165, 1.54) is 37.8 Å². The lowest BCUT2D eigenvalue weighted by Crippen LogP contribution is -2.91. The molecule has 0 radical (unpaired) electrons. The molecule has 0 unspecified atom stereocenters. The Morgan fingerprint density at radius 2 is 2.00 bits per heavy atom. The Kier molecular flexibility index (Phi) is 2.98. The fraction of sp³-hybridized carbons (Fsp3) is 0.500. The summed E-state index contributed by atoms with van der Waals surface area (Å²) in [5, 5.41) is 2.51. The van der Waals surface area contributed by atoms with Gasteiger partial charge < -0.3 is 5.32 Å². The molecular weight excluding hydrogens is 158 g/mol. The average molecular weight is 176 g/mol. The Hall–Kier alpha value is -0.820. The van der Waals surface area contributed by atoms with E-state index in [-0.39, 0.29) is 0 Å². The fourth-order valence-electron chi connectivity index (χ4n) is 2.12. The van der Waals surface area contributed by atoms with Crippen LogP contribution >= 0.6 is 0 Å². The average Bonchev–Trinajstić information content (AvgIpc) is 2.21. The van der Waals surface area contributed by atoms with E-state index in [1.807, 2.05) is 0 Å². The molecule has 0 bridgehead atoms. The second-order valence-electron chi connectivity index (χ2n) is 3.97. The van der Waals surface area contributed by atoms with Gasteiger partial charge in [-0.2, -0.15) is 0 Å². The standard InChI is InChI=1S/C12H17N/c1-2-6-11(7-3-1)10-12-8-4-5-9-13-12/h1-3,6-7,12-13H,4-5,8-10H2/p+1/t12-/m0/s1. The minimum Gasteiger partial charge on any atom is -0.344 e. The van der Waals surface area contributed by atoms with Crippen LogP contribution in [0.2, 0.25) is 0 Å². The van der Waals surface area contributed by atoms with Crippen molar-refractivity contribution in [2.45, 2.75) is 31.7 Å². The summed E-state index contributed by atoms with van der Waals surface area (Å²) in [5.41, 5.74) is 1.49. The largest absolute Gasteiger partial charge is 0.344 e. The van der Waals surface area contributed by atoms with E-state index in [1.54, 1.807) is 0 Å². The second-order valence-corrected chi connectivity index (χ2v) is 3.97. The van der Waals surface area contributed by atoms with Crippen LogP contribution in [0.15, 0.2) is 30.3 Å². The topological polar surface area (TPSA) is 16.6 Å². The first-order chi connectivity index (χ1) is 6.45. The van der Waals surface area contributed by atoms with Gasteiger partial charge in [-0.15, -0.1) is 0 Å². The predicted octanol–water partition coefficient (Wildman–Crippen LogP) is 1.34. The highest BCUT2D eigenvalue weighted by Gasteiger charge is 2.15. The summed E-state index contributed by atoms with van der Waals surface area (Å²) in [7, 11) is 0. The molecule has 13 heavy (non-hydrogen) atoms. The predicted molar refractivity (Wildman–Crippen MR) is 54.6 cm³/mol. The summed E-state index contributed by atoms with van der Waals surface area (Å²) in [6, 6.07) is 11.7. The van der Waals surface area contributed by atoms with E-state index in [0.717, 1.165) is 6.04 Å². The van der Waals surface area contributed by atoms with Crippen LogP contribution < -0.4 is 5.32 Å². The molecule has 0 amide bonds. The lowest BCUT2D eigenvalue weighted by atomic mass is 9.98. The fourth-order valence-corrected chi connectivity index (χ4v) is 2.12. The molecule has 2 rings (SSSR count). The van der Waals surface area contributed by atoms with Crippen LogP contribution in [0.4, 0.5) is 0 Å². The minimum atomic E-state index is 0.844. The third-order valence-corrected chi connectivity index (χ3v) is 2.87. The van der Waals surface area contributed by atoms with Crippen LogP contribution in [0.1, 0.15) is 24.8 Å². The van der Waals surface area contributed by atoms with E-state index in [4.69, 9.17) is 0 Å². The van der Waals surface area contributed by atoms with Crippen LogP contribution in [0.3, 0.4) is 0 Å². The molecule has 0 aromatic heterocycles. The Labute approximate surface area is 80.2 Å². The van der Waals surface area contributed by atoms with Crippen LogP contribution in [0.25, 0.3) is 0 Å². The molecule has 1 aliphatic rings. The molecule has 1 heterocycles. The number of piperidine rings is 1. The first-order valence-corrected chi connectivity index (χ1v) is 5.32. The third kappa shape index (κ3) is 2.56. The molecule has 2 N–H and O–H groups in total. The molecule has 1 aromatic carbocycles. The van der Waals surface area contributed by atoms with Gasteiger partial charge in [0.15, 0.2) is 0 Å². The first kappa shape index (κ1) is 8.76. The van der Waals surface area contributed by atoms with Gasteiger partial charge in [0.05, 0.1) is 12.6 Å². The highest BCUT2D eigenvalue weighted by Crippen LogP contribution is 2.08. The van der Waals surface area contributed by atoms with Crippen molar-refractivity contribution in [1.29, 1.82) is 0 Å². The quantitative estimate of drug-likeness (QED) is 0.700. The number of benzene rings is 1. The molecule has 1 aliphatic heterocycles. The molecule has 1 fully saturated rings. The highest BCUT2D eigenvalue weighted by atomic mass is 14.9. The van der Waals surface area contributed by atoms with Crippen LogP contribution in [-0.2, 0) is 6.42 Å². The van der Waals surface area contributed by atoms with Crippen molar-refractivity contribution in [3.8, 4) is 0 Å². The highest BCUT2D eigenvalue weighted by molar-refractivity contribution is 5.15. The van der Waals surface area contributed by atoms with Gasteiger partial charge in [-0.05, 0) is 24.8 Å². The normalized spacial score (nSPS) is 22.9. The first-order valence-electron chi connectivity index (χ1n) is 5.32. The van der Waals surface area contributed by atoms with Crippen molar-refractivity contribution in [2.24, 2.45) is 0 Å². The number of hydrogen-bond donors (Lipinski definition) is 1. The van der Waals surface area contributed by atoms with Crippen LogP contribution in [-0.4, -0.2) is 12.6 Å². The summed E-state index contributed by atoms with van der Waals surface area (Å²) < 4.78 is 0. The second kappa shape index (κ2) is 4.43. The number of hydrogen-bond acceptors (Lipinski definition) is 0. The Morgan fingerprint density at radius 3 is 2.69 bits per heavy atom. The molecule has 1 saturated heterocycles. The van der Waals surface area contributed by atoms with Gasteiger partial charge in [-0.3, -0.25) is 0 Å².